The van der Waals surface area contributed by atoms with Crippen LogP contribution >= 0.6 is 12.2 Å². The molecule has 18 heavy (non-hydrogen) atoms. The molecule has 0 amide bonds. The van der Waals surface area contributed by atoms with Crippen molar-refractivity contribution in [3.05, 3.63) is 17.0 Å². The minimum absolute atomic E-state index is 0.0288. The third kappa shape index (κ3) is 3.27. The van der Waals surface area contributed by atoms with Gasteiger partial charge in [0, 0.05) is 0 Å². The zero-order valence-electron chi connectivity index (χ0n) is 10.3. The molecule has 1 rings (SSSR count). The van der Waals surface area contributed by atoms with Gasteiger partial charge in [-0.05, 0) is 33.0 Å². The highest BCUT2D eigenvalue weighted by molar-refractivity contribution is 7.80. The van der Waals surface area contributed by atoms with E-state index in [9.17, 15) is 4.79 Å². The standard InChI is InChI=1S/C10H14N4O3S/c1-4-16-9(15)8-7(6(3)17-14-8)5(2)12-13-10(11)18/h4H2,1-3H3,(H3,11,13,18)/b12-5+. The first-order valence-corrected chi connectivity index (χ1v) is 5.61. The number of aromatic nitrogens is 1. The van der Waals surface area contributed by atoms with Crippen LogP contribution in [0.5, 0.6) is 0 Å². The quantitative estimate of drug-likeness (QED) is 0.359. The summed E-state index contributed by atoms with van der Waals surface area (Å²) in [4.78, 5) is 11.7. The van der Waals surface area contributed by atoms with Crippen molar-refractivity contribution in [1.29, 1.82) is 0 Å². The van der Waals surface area contributed by atoms with E-state index in [1.54, 1.807) is 20.8 Å². The Kier molecular flexibility index (Phi) is 4.78. The summed E-state index contributed by atoms with van der Waals surface area (Å²) in [6.07, 6.45) is 0. The van der Waals surface area contributed by atoms with Crippen molar-refractivity contribution in [2.45, 2.75) is 20.8 Å². The van der Waals surface area contributed by atoms with E-state index >= 15 is 0 Å². The maximum absolute atomic E-state index is 11.7. The molecule has 98 valence electrons. The minimum Gasteiger partial charge on any atom is -0.461 e. The van der Waals surface area contributed by atoms with Gasteiger partial charge in [-0.1, -0.05) is 5.16 Å². The summed E-state index contributed by atoms with van der Waals surface area (Å²) < 4.78 is 9.84. The Morgan fingerprint density at radius 3 is 2.89 bits per heavy atom. The van der Waals surface area contributed by atoms with Gasteiger partial charge in [0.05, 0.1) is 17.9 Å². The lowest BCUT2D eigenvalue weighted by Crippen LogP contribution is -2.25. The lowest BCUT2D eigenvalue weighted by atomic mass is 10.1. The van der Waals surface area contributed by atoms with Crippen LogP contribution in [0.25, 0.3) is 0 Å². The SMILES string of the molecule is CCOC(=O)c1noc(C)c1/C(C)=N/NC(N)=S. The number of carbonyl (C=O) groups excluding carboxylic acids is 1. The zero-order valence-corrected chi connectivity index (χ0v) is 11.1. The minimum atomic E-state index is -0.561. The van der Waals surface area contributed by atoms with E-state index in [2.05, 4.69) is 27.9 Å². The Morgan fingerprint density at radius 1 is 1.67 bits per heavy atom. The number of rotatable bonds is 4. The molecule has 0 saturated heterocycles. The van der Waals surface area contributed by atoms with E-state index in [0.717, 1.165) is 0 Å². The summed E-state index contributed by atoms with van der Waals surface area (Å²) in [5.74, 6) is -0.0988. The van der Waals surface area contributed by atoms with Gasteiger partial charge in [-0.15, -0.1) is 0 Å². The van der Waals surface area contributed by atoms with Gasteiger partial charge in [-0.3, -0.25) is 5.43 Å². The monoisotopic (exact) mass is 270 g/mol. The van der Waals surface area contributed by atoms with E-state index in [0.29, 0.717) is 17.0 Å². The number of hydrazone groups is 1. The van der Waals surface area contributed by atoms with Crippen molar-refractivity contribution in [3.8, 4) is 0 Å². The normalized spacial score (nSPS) is 11.2. The Balaban J connectivity index is 3.07. The fourth-order valence-electron chi connectivity index (χ4n) is 1.33. The molecule has 0 bridgehead atoms. The van der Waals surface area contributed by atoms with Gasteiger partial charge in [0.25, 0.3) is 0 Å². The molecule has 0 aromatic carbocycles. The highest BCUT2D eigenvalue weighted by Gasteiger charge is 2.22. The smallest absolute Gasteiger partial charge is 0.361 e. The maximum Gasteiger partial charge on any atom is 0.361 e. The largest absolute Gasteiger partial charge is 0.461 e. The van der Waals surface area contributed by atoms with Crippen LogP contribution in [-0.4, -0.2) is 28.6 Å². The summed E-state index contributed by atoms with van der Waals surface area (Å²) in [6, 6.07) is 0. The number of hydrogen-bond acceptors (Lipinski definition) is 6. The van der Waals surface area contributed by atoms with Gasteiger partial charge in [0.2, 0.25) is 5.69 Å². The average Bonchev–Trinajstić information content (AvgIpc) is 2.68. The summed E-state index contributed by atoms with van der Waals surface area (Å²) in [5.41, 5.74) is 8.72. The topological polar surface area (TPSA) is 103 Å². The highest BCUT2D eigenvalue weighted by atomic mass is 32.1. The van der Waals surface area contributed by atoms with Crippen LogP contribution in [-0.2, 0) is 4.74 Å². The van der Waals surface area contributed by atoms with Crippen molar-refractivity contribution in [3.63, 3.8) is 0 Å². The van der Waals surface area contributed by atoms with Crippen LogP contribution in [0.1, 0.15) is 35.7 Å². The van der Waals surface area contributed by atoms with Crippen LogP contribution in [0.4, 0.5) is 0 Å². The zero-order chi connectivity index (χ0) is 13.7. The van der Waals surface area contributed by atoms with Crippen LogP contribution in [0.2, 0.25) is 0 Å². The number of nitrogens with one attached hydrogen (secondary N) is 1. The van der Waals surface area contributed by atoms with Crippen LogP contribution in [0, 0.1) is 6.92 Å². The molecule has 0 saturated carbocycles. The number of carbonyl (C=O) groups is 1. The van der Waals surface area contributed by atoms with Crippen LogP contribution in [0.15, 0.2) is 9.62 Å². The number of aryl methyl sites for hydroxylation is 1. The van der Waals surface area contributed by atoms with Gasteiger partial charge in [-0.2, -0.15) is 5.10 Å². The van der Waals surface area contributed by atoms with Crippen molar-refractivity contribution >= 4 is 29.0 Å². The molecule has 1 aromatic rings. The van der Waals surface area contributed by atoms with E-state index in [4.69, 9.17) is 15.0 Å². The Morgan fingerprint density at radius 2 is 2.33 bits per heavy atom. The number of nitrogens with two attached hydrogens (primary N) is 1. The first-order chi connectivity index (χ1) is 8.47. The lowest BCUT2D eigenvalue weighted by molar-refractivity contribution is 0.0514. The second-order valence-corrected chi connectivity index (χ2v) is 3.80. The Hall–Kier alpha value is -1.96. The summed E-state index contributed by atoms with van der Waals surface area (Å²) >= 11 is 4.63. The van der Waals surface area contributed by atoms with Crippen molar-refractivity contribution in [2.24, 2.45) is 10.8 Å². The molecule has 1 heterocycles. The van der Waals surface area contributed by atoms with E-state index in [1.165, 1.54) is 0 Å². The van der Waals surface area contributed by atoms with Crippen LogP contribution < -0.4 is 11.2 Å². The molecule has 0 unspecified atom stereocenters. The van der Waals surface area contributed by atoms with Gasteiger partial charge < -0.3 is 15.0 Å². The lowest BCUT2D eigenvalue weighted by Gasteiger charge is -2.02. The molecule has 1 aromatic heterocycles. The average molecular weight is 270 g/mol. The summed E-state index contributed by atoms with van der Waals surface area (Å²) in [7, 11) is 0. The van der Waals surface area contributed by atoms with Crippen LogP contribution in [0.3, 0.4) is 0 Å². The molecule has 3 N–H and O–H groups in total. The second kappa shape index (κ2) is 6.10. The molecule has 0 fully saturated rings. The van der Waals surface area contributed by atoms with E-state index in [1.807, 2.05) is 0 Å². The van der Waals surface area contributed by atoms with E-state index in [-0.39, 0.29) is 17.4 Å². The molecular formula is C10H14N4O3S. The molecular weight excluding hydrogens is 256 g/mol. The van der Waals surface area contributed by atoms with Gasteiger partial charge >= 0.3 is 5.97 Å². The first-order valence-electron chi connectivity index (χ1n) is 5.20. The van der Waals surface area contributed by atoms with Crippen molar-refractivity contribution in [2.75, 3.05) is 6.61 Å². The first kappa shape index (κ1) is 14.1. The van der Waals surface area contributed by atoms with Crippen molar-refractivity contribution in [1.82, 2.24) is 10.6 Å². The number of ether oxygens (including phenoxy) is 1. The fourth-order valence-corrected chi connectivity index (χ4v) is 1.38. The number of nitrogens with zero attached hydrogens (tertiary/aromatic N) is 2. The highest BCUT2D eigenvalue weighted by Crippen LogP contribution is 2.15. The molecule has 0 aliphatic rings. The Labute approximate surface area is 109 Å². The summed E-state index contributed by atoms with van der Waals surface area (Å²) in [6.45, 7) is 5.31. The number of esters is 1. The van der Waals surface area contributed by atoms with Crippen molar-refractivity contribution < 1.29 is 14.1 Å². The molecule has 0 atom stereocenters. The van der Waals surface area contributed by atoms with Gasteiger partial charge in [0.15, 0.2) is 5.11 Å². The van der Waals surface area contributed by atoms with Gasteiger partial charge in [0.1, 0.15) is 5.76 Å². The predicted molar refractivity (Wildman–Crippen MR) is 69.3 cm³/mol. The molecule has 8 heteroatoms. The Bertz CT molecular complexity index is 495. The third-order valence-corrected chi connectivity index (χ3v) is 2.12. The molecule has 0 spiro atoms. The maximum atomic E-state index is 11.7. The number of thiocarbonyl (C=S) groups is 1. The van der Waals surface area contributed by atoms with Gasteiger partial charge in [-0.25, -0.2) is 4.79 Å². The summed E-state index contributed by atoms with van der Waals surface area (Å²) in [5, 5.41) is 7.61. The molecule has 0 aliphatic heterocycles. The molecule has 0 aliphatic carbocycles. The molecule has 0 radical (unpaired) electrons. The van der Waals surface area contributed by atoms with E-state index < -0.39 is 5.97 Å². The fraction of sp³-hybridized carbons (Fsp3) is 0.400. The predicted octanol–water partition coefficient (Wildman–Crippen LogP) is 0.717. The third-order valence-electron chi connectivity index (χ3n) is 2.03. The second-order valence-electron chi connectivity index (χ2n) is 3.36. The molecule has 7 nitrogen and oxygen atoms in total. The number of hydrogen-bond donors (Lipinski definition) is 2.